The van der Waals surface area contributed by atoms with Crippen molar-refractivity contribution in [1.82, 2.24) is 0 Å². The van der Waals surface area contributed by atoms with Crippen molar-refractivity contribution in [1.29, 1.82) is 0 Å². The highest BCUT2D eigenvalue weighted by molar-refractivity contribution is 5.79. The number of aliphatic carboxylic acids is 1. The van der Waals surface area contributed by atoms with E-state index in [0.29, 0.717) is 53.2 Å². The van der Waals surface area contributed by atoms with Crippen LogP contribution in [-0.2, 0) is 11.0 Å². The van der Waals surface area contributed by atoms with E-state index >= 15 is 0 Å². The Balaban J connectivity index is 2.01. The molecule has 0 aliphatic heterocycles. The number of carbonyl (C=O) groups is 1. The van der Waals surface area contributed by atoms with Gasteiger partial charge in [0.25, 0.3) is 0 Å². The second-order valence-electron chi connectivity index (χ2n) is 11.2. The SMILES string of the molecule is CC(C)CCC(CNc1cc(-c2ccc(C(F)(F)F)cc2)cc(C(CC(C)C)C(=O)O)c1)c1cc(F)cc(F)c1. The predicted octanol–water partition coefficient (Wildman–Crippen LogP) is 9.50. The van der Waals surface area contributed by atoms with E-state index in [2.05, 4.69) is 19.2 Å². The van der Waals surface area contributed by atoms with Crippen molar-refractivity contribution in [2.75, 3.05) is 11.9 Å². The highest BCUT2D eigenvalue weighted by Gasteiger charge is 2.30. The van der Waals surface area contributed by atoms with Crippen molar-refractivity contribution in [2.45, 2.75) is 65.0 Å². The maximum Gasteiger partial charge on any atom is 0.416 e. The van der Waals surface area contributed by atoms with Gasteiger partial charge >= 0.3 is 12.1 Å². The fourth-order valence-electron chi connectivity index (χ4n) is 4.80. The van der Waals surface area contributed by atoms with E-state index in [1.54, 1.807) is 18.2 Å². The molecule has 3 aromatic carbocycles. The van der Waals surface area contributed by atoms with E-state index in [9.17, 15) is 31.9 Å². The van der Waals surface area contributed by atoms with Gasteiger partial charge in [-0.1, -0.05) is 52.3 Å². The first kappa shape index (κ1) is 31.1. The monoisotopic (exact) mass is 561 g/mol. The van der Waals surface area contributed by atoms with E-state index in [1.807, 2.05) is 13.8 Å². The quantitative estimate of drug-likeness (QED) is 0.217. The van der Waals surface area contributed by atoms with Gasteiger partial charge in [0.1, 0.15) is 11.6 Å². The zero-order chi connectivity index (χ0) is 29.6. The van der Waals surface area contributed by atoms with E-state index < -0.39 is 35.3 Å². The van der Waals surface area contributed by atoms with Gasteiger partial charge in [-0.2, -0.15) is 13.2 Å². The lowest BCUT2D eigenvalue weighted by Gasteiger charge is -2.22. The minimum absolute atomic E-state index is 0.0931. The summed E-state index contributed by atoms with van der Waals surface area (Å²) in [4.78, 5) is 12.2. The lowest BCUT2D eigenvalue weighted by Crippen LogP contribution is -2.16. The summed E-state index contributed by atoms with van der Waals surface area (Å²) in [6.07, 6.45) is -2.59. The first-order valence-corrected chi connectivity index (χ1v) is 13.5. The van der Waals surface area contributed by atoms with Gasteiger partial charge in [-0.05, 0) is 83.3 Å². The number of rotatable bonds is 12. The summed E-state index contributed by atoms with van der Waals surface area (Å²) in [7, 11) is 0. The molecule has 3 aromatic rings. The first-order valence-electron chi connectivity index (χ1n) is 13.5. The van der Waals surface area contributed by atoms with Crippen molar-refractivity contribution in [2.24, 2.45) is 11.8 Å². The second kappa shape index (κ2) is 13.3. The first-order chi connectivity index (χ1) is 18.7. The zero-order valence-corrected chi connectivity index (χ0v) is 23.2. The molecule has 0 saturated heterocycles. The van der Waals surface area contributed by atoms with Gasteiger partial charge in [-0.3, -0.25) is 4.79 Å². The standard InChI is InChI=1S/C32H36F5NO2/c1-19(2)5-6-22(24-13-27(33)17-28(34)14-24)18-38-29-15-23(21-7-9-26(10-8-21)32(35,36)37)12-25(16-29)30(31(39)40)11-20(3)4/h7-10,12-17,19-20,22,30,38H,5-6,11,18H2,1-4H3,(H,39,40). The molecule has 40 heavy (non-hydrogen) atoms. The molecule has 3 rings (SSSR count). The summed E-state index contributed by atoms with van der Waals surface area (Å²) in [6.45, 7) is 8.31. The maximum absolute atomic E-state index is 14.0. The molecule has 2 unspecified atom stereocenters. The number of carboxylic acids is 1. The smallest absolute Gasteiger partial charge is 0.416 e. The molecule has 3 nitrogen and oxygen atoms in total. The minimum Gasteiger partial charge on any atom is -0.481 e. The Kier molecular flexibility index (Phi) is 10.3. The molecule has 0 bridgehead atoms. The number of benzene rings is 3. The molecule has 0 aromatic heterocycles. The third-order valence-electron chi connectivity index (χ3n) is 6.91. The molecule has 2 N–H and O–H groups in total. The van der Waals surface area contributed by atoms with Crippen LogP contribution in [0.15, 0.2) is 60.7 Å². The highest BCUT2D eigenvalue weighted by atomic mass is 19.4. The van der Waals surface area contributed by atoms with Crippen LogP contribution in [0.4, 0.5) is 27.6 Å². The fourth-order valence-corrected chi connectivity index (χ4v) is 4.80. The normalized spacial score (nSPS) is 13.5. The second-order valence-corrected chi connectivity index (χ2v) is 11.2. The van der Waals surface area contributed by atoms with Gasteiger partial charge in [0.2, 0.25) is 0 Å². The topological polar surface area (TPSA) is 49.3 Å². The highest BCUT2D eigenvalue weighted by Crippen LogP contribution is 2.35. The van der Waals surface area contributed by atoms with Gasteiger partial charge in [-0.15, -0.1) is 0 Å². The Morgan fingerprint density at radius 1 is 0.800 bits per heavy atom. The number of halogens is 5. The molecule has 0 heterocycles. The molecule has 0 radical (unpaired) electrons. The van der Waals surface area contributed by atoms with Crippen LogP contribution in [0.2, 0.25) is 0 Å². The summed E-state index contributed by atoms with van der Waals surface area (Å²) in [6, 6.07) is 13.4. The third kappa shape index (κ3) is 8.80. The van der Waals surface area contributed by atoms with Crippen LogP contribution in [0.5, 0.6) is 0 Å². The lowest BCUT2D eigenvalue weighted by molar-refractivity contribution is -0.139. The molecule has 0 fully saturated rings. The molecule has 2 atom stereocenters. The van der Waals surface area contributed by atoms with Crippen LogP contribution < -0.4 is 5.32 Å². The van der Waals surface area contributed by atoms with Crippen LogP contribution in [0.25, 0.3) is 11.1 Å². The summed E-state index contributed by atoms with van der Waals surface area (Å²) < 4.78 is 67.4. The molecule has 0 saturated carbocycles. The number of alkyl halides is 3. The van der Waals surface area contributed by atoms with Gasteiger partial charge in [0, 0.05) is 24.2 Å². The molecule has 0 aliphatic carbocycles. The summed E-state index contributed by atoms with van der Waals surface area (Å²) >= 11 is 0. The molecule has 0 aliphatic rings. The van der Waals surface area contributed by atoms with E-state index in [-0.39, 0.29) is 11.8 Å². The van der Waals surface area contributed by atoms with Crippen LogP contribution in [-0.4, -0.2) is 17.6 Å². The molecule has 0 spiro atoms. The lowest BCUT2D eigenvalue weighted by atomic mass is 9.88. The number of hydrogen-bond acceptors (Lipinski definition) is 2. The predicted molar refractivity (Wildman–Crippen MR) is 148 cm³/mol. The molecular weight excluding hydrogens is 525 g/mol. The summed E-state index contributed by atoms with van der Waals surface area (Å²) in [5.41, 5.74) is 1.93. The van der Waals surface area contributed by atoms with E-state index in [4.69, 9.17) is 0 Å². The van der Waals surface area contributed by atoms with Crippen LogP contribution in [0, 0.1) is 23.5 Å². The number of hydrogen-bond donors (Lipinski definition) is 2. The Morgan fingerprint density at radius 2 is 1.43 bits per heavy atom. The van der Waals surface area contributed by atoms with E-state index in [0.717, 1.165) is 24.6 Å². The zero-order valence-electron chi connectivity index (χ0n) is 23.2. The van der Waals surface area contributed by atoms with Crippen LogP contribution >= 0.6 is 0 Å². The van der Waals surface area contributed by atoms with Gasteiger partial charge < -0.3 is 10.4 Å². The van der Waals surface area contributed by atoms with Crippen LogP contribution in [0.1, 0.15) is 75.5 Å². The van der Waals surface area contributed by atoms with Crippen LogP contribution in [0.3, 0.4) is 0 Å². The summed E-state index contributed by atoms with van der Waals surface area (Å²) in [5, 5.41) is 13.3. The molecule has 0 amide bonds. The fraction of sp³-hybridized carbons (Fsp3) is 0.406. The summed E-state index contributed by atoms with van der Waals surface area (Å²) in [5.74, 6) is -2.88. The Hall–Kier alpha value is -3.42. The minimum atomic E-state index is -4.47. The molecule has 216 valence electrons. The largest absolute Gasteiger partial charge is 0.481 e. The number of nitrogens with one attached hydrogen (secondary N) is 1. The Labute approximate surface area is 232 Å². The number of carboxylic acid groups (broad SMARTS) is 1. The van der Waals surface area contributed by atoms with Crippen molar-refractivity contribution in [3.05, 3.63) is 89.0 Å². The van der Waals surface area contributed by atoms with Crippen molar-refractivity contribution in [3.8, 4) is 11.1 Å². The molecular formula is C32H36F5NO2. The van der Waals surface area contributed by atoms with Gasteiger partial charge in [0.05, 0.1) is 11.5 Å². The maximum atomic E-state index is 14.0. The third-order valence-corrected chi connectivity index (χ3v) is 6.91. The average molecular weight is 562 g/mol. The van der Waals surface area contributed by atoms with Crippen molar-refractivity contribution >= 4 is 11.7 Å². The number of anilines is 1. The molecule has 8 heteroatoms. The van der Waals surface area contributed by atoms with E-state index in [1.165, 1.54) is 24.3 Å². The van der Waals surface area contributed by atoms with Gasteiger partial charge in [0.15, 0.2) is 0 Å². The van der Waals surface area contributed by atoms with Crippen molar-refractivity contribution < 1.29 is 31.9 Å². The average Bonchev–Trinajstić information content (AvgIpc) is 2.85. The Morgan fingerprint density at radius 3 is 1.95 bits per heavy atom. The Bertz CT molecular complexity index is 1270. The van der Waals surface area contributed by atoms with Gasteiger partial charge in [-0.25, -0.2) is 8.78 Å². The van der Waals surface area contributed by atoms with Crippen molar-refractivity contribution in [3.63, 3.8) is 0 Å².